The normalized spacial score (nSPS) is 19.2. The van der Waals surface area contributed by atoms with E-state index in [9.17, 15) is 22.8 Å². The van der Waals surface area contributed by atoms with Crippen LogP contribution in [0.4, 0.5) is 13.2 Å². The molecule has 7 nitrogen and oxygen atoms in total. The smallest absolute Gasteiger partial charge is 0.435 e. The Morgan fingerprint density at radius 2 is 2.18 bits per heavy atom. The average molecular weight is 321 g/mol. The molecule has 1 aliphatic heterocycles. The lowest BCUT2D eigenvalue weighted by molar-refractivity contribution is -0.147. The maximum atomic E-state index is 12.4. The van der Waals surface area contributed by atoms with Crippen molar-refractivity contribution in [3.8, 4) is 0 Å². The third kappa shape index (κ3) is 3.97. The van der Waals surface area contributed by atoms with Crippen molar-refractivity contribution in [1.82, 2.24) is 14.7 Å². The van der Waals surface area contributed by atoms with Gasteiger partial charge >= 0.3 is 12.1 Å². The monoisotopic (exact) mass is 321 g/mol. The number of morpholine rings is 1. The Bertz CT molecular complexity index is 558. The van der Waals surface area contributed by atoms with E-state index < -0.39 is 29.8 Å². The predicted molar refractivity (Wildman–Crippen MR) is 65.8 cm³/mol. The first-order chi connectivity index (χ1) is 10.3. The number of hydrogen-bond donors (Lipinski definition) is 1. The second kappa shape index (κ2) is 6.34. The molecule has 1 fully saturated rings. The number of nitrogens with zero attached hydrogens (tertiary/aromatic N) is 3. The second-order valence-electron chi connectivity index (χ2n) is 4.81. The van der Waals surface area contributed by atoms with E-state index in [0.29, 0.717) is 0 Å². The minimum absolute atomic E-state index is 0.0882. The fraction of sp³-hybridized carbons (Fsp3) is 0.583. The van der Waals surface area contributed by atoms with Gasteiger partial charge in [-0.1, -0.05) is 0 Å². The first-order valence-corrected chi connectivity index (χ1v) is 6.47. The first-order valence-electron chi connectivity index (χ1n) is 6.47. The summed E-state index contributed by atoms with van der Waals surface area (Å²) >= 11 is 0. The van der Waals surface area contributed by atoms with Gasteiger partial charge in [0.05, 0.1) is 25.7 Å². The number of halogens is 3. The van der Waals surface area contributed by atoms with E-state index >= 15 is 0 Å². The van der Waals surface area contributed by atoms with Crippen LogP contribution < -0.4 is 0 Å². The molecule has 0 aromatic carbocycles. The van der Waals surface area contributed by atoms with Crippen LogP contribution in [-0.4, -0.2) is 57.5 Å². The Kier molecular flexibility index (Phi) is 4.69. The molecule has 0 aliphatic carbocycles. The van der Waals surface area contributed by atoms with Gasteiger partial charge in [-0.15, -0.1) is 0 Å². The first kappa shape index (κ1) is 16.3. The molecule has 22 heavy (non-hydrogen) atoms. The number of aromatic nitrogens is 2. The number of hydrogen-bond acceptors (Lipinski definition) is 4. The van der Waals surface area contributed by atoms with Crippen molar-refractivity contribution >= 4 is 11.9 Å². The number of carboxylic acid groups (broad SMARTS) is 1. The molecule has 122 valence electrons. The fourth-order valence-electron chi connectivity index (χ4n) is 2.18. The van der Waals surface area contributed by atoms with Crippen LogP contribution in [0.1, 0.15) is 12.1 Å². The molecule has 2 rings (SSSR count). The van der Waals surface area contributed by atoms with Gasteiger partial charge < -0.3 is 14.7 Å². The predicted octanol–water partition coefficient (Wildman–Crippen LogP) is 0.604. The van der Waals surface area contributed by atoms with Crippen LogP contribution in [-0.2, 0) is 27.0 Å². The van der Waals surface area contributed by atoms with Gasteiger partial charge in [0, 0.05) is 12.7 Å². The molecule has 1 atom stereocenters. The van der Waals surface area contributed by atoms with Crippen LogP contribution in [0.15, 0.2) is 12.3 Å². The van der Waals surface area contributed by atoms with Gasteiger partial charge in [-0.25, -0.2) is 0 Å². The highest BCUT2D eigenvalue weighted by Crippen LogP contribution is 2.27. The number of rotatable bonds is 4. The third-order valence-corrected chi connectivity index (χ3v) is 3.19. The summed E-state index contributed by atoms with van der Waals surface area (Å²) in [7, 11) is 0. The van der Waals surface area contributed by atoms with Crippen molar-refractivity contribution < 1.29 is 32.6 Å². The zero-order valence-electron chi connectivity index (χ0n) is 11.4. The molecule has 2 heterocycles. The van der Waals surface area contributed by atoms with Gasteiger partial charge in [-0.05, 0) is 6.07 Å². The molecular formula is C12H14F3N3O4. The summed E-state index contributed by atoms with van der Waals surface area (Å²) in [5.74, 6) is -1.57. The lowest BCUT2D eigenvalue weighted by Crippen LogP contribution is -2.50. The van der Waals surface area contributed by atoms with E-state index in [1.807, 2.05) is 0 Å². The summed E-state index contributed by atoms with van der Waals surface area (Å²) in [6.45, 7) is 0.163. The standard InChI is InChI=1S/C12H14F3N3O4/c13-12(14,15)9-1-2-17(16-9)6-10(19)18-3-4-22-7-8(18)5-11(20)21/h1-2,8H,3-7H2,(H,20,21). The largest absolute Gasteiger partial charge is 0.481 e. The van der Waals surface area contributed by atoms with Gasteiger partial charge in [0.2, 0.25) is 5.91 Å². The van der Waals surface area contributed by atoms with Crippen molar-refractivity contribution in [3.63, 3.8) is 0 Å². The van der Waals surface area contributed by atoms with Crippen LogP contribution in [0.25, 0.3) is 0 Å². The van der Waals surface area contributed by atoms with Crippen LogP contribution in [0, 0.1) is 0 Å². The summed E-state index contributed by atoms with van der Waals surface area (Å²) in [4.78, 5) is 24.2. The Labute approximate surface area is 123 Å². The van der Waals surface area contributed by atoms with Gasteiger partial charge in [0.25, 0.3) is 0 Å². The highest BCUT2D eigenvalue weighted by molar-refractivity contribution is 5.77. The number of amides is 1. The zero-order valence-corrected chi connectivity index (χ0v) is 11.4. The quantitative estimate of drug-likeness (QED) is 0.878. The molecular weight excluding hydrogens is 307 g/mol. The molecule has 1 N–H and O–H groups in total. The number of aliphatic carboxylic acids is 1. The van der Waals surface area contributed by atoms with Crippen molar-refractivity contribution in [1.29, 1.82) is 0 Å². The third-order valence-electron chi connectivity index (χ3n) is 3.19. The Morgan fingerprint density at radius 3 is 2.77 bits per heavy atom. The van der Waals surface area contributed by atoms with Crippen molar-refractivity contribution in [2.24, 2.45) is 0 Å². The molecule has 1 aromatic heterocycles. The summed E-state index contributed by atoms with van der Waals surface area (Å²) in [6.07, 6.45) is -3.79. The Morgan fingerprint density at radius 1 is 1.45 bits per heavy atom. The number of carbonyl (C=O) groups excluding carboxylic acids is 1. The number of alkyl halides is 3. The molecule has 0 spiro atoms. The Hall–Kier alpha value is -2.10. The van der Waals surface area contributed by atoms with Crippen LogP contribution >= 0.6 is 0 Å². The van der Waals surface area contributed by atoms with Gasteiger partial charge in [-0.2, -0.15) is 18.3 Å². The minimum Gasteiger partial charge on any atom is -0.481 e. The van der Waals surface area contributed by atoms with E-state index in [1.165, 1.54) is 4.90 Å². The maximum absolute atomic E-state index is 12.4. The van der Waals surface area contributed by atoms with Crippen LogP contribution in [0.2, 0.25) is 0 Å². The molecule has 0 bridgehead atoms. The van der Waals surface area contributed by atoms with Crippen LogP contribution in [0.5, 0.6) is 0 Å². The highest BCUT2D eigenvalue weighted by Gasteiger charge is 2.34. The van der Waals surface area contributed by atoms with E-state index in [0.717, 1.165) is 16.9 Å². The highest BCUT2D eigenvalue weighted by atomic mass is 19.4. The van der Waals surface area contributed by atoms with Gasteiger partial charge in [0.1, 0.15) is 6.54 Å². The van der Waals surface area contributed by atoms with E-state index in [1.54, 1.807) is 0 Å². The van der Waals surface area contributed by atoms with Crippen LogP contribution in [0.3, 0.4) is 0 Å². The topological polar surface area (TPSA) is 84.7 Å². The number of carboxylic acids is 1. The average Bonchev–Trinajstić information content (AvgIpc) is 2.87. The molecule has 1 aliphatic rings. The molecule has 0 radical (unpaired) electrons. The Balaban J connectivity index is 2.03. The molecule has 1 unspecified atom stereocenters. The molecule has 1 saturated heterocycles. The molecule has 0 saturated carbocycles. The minimum atomic E-state index is -4.57. The molecule has 1 aromatic rings. The van der Waals surface area contributed by atoms with E-state index in [4.69, 9.17) is 9.84 Å². The van der Waals surface area contributed by atoms with E-state index in [2.05, 4.69) is 5.10 Å². The van der Waals surface area contributed by atoms with Crippen molar-refractivity contribution in [2.75, 3.05) is 19.8 Å². The van der Waals surface area contributed by atoms with Crippen molar-refractivity contribution in [3.05, 3.63) is 18.0 Å². The van der Waals surface area contributed by atoms with E-state index in [-0.39, 0.29) is 32.7 Å². The summed E-state index contributed by atoms with van der Waals surface area (Å²) in [5.41, 5.74) is -1.08. The summed E-state index contributed by atoms with van der Waals surface area (Å²) in [6, 6.07) is 0.151. The second-order valence-corrected chi connectivity index (χ2v) is 4.81. The maximum Gasteiger partial charge on any atom is 0.435 e. The SMILES string of the molecule is O=C(O)CC1COCCN1C(=O)Cn1ccc(C(F)(F)F)n1. The fourth-order valence-corrected chi connectivity index (χ4v) is 2.18. The molecule has 10 heteroatoms. The molecule has 1 amide bonds. The lowest BCUT2D eigenvalue weighted by atomic mass is 10.1. The zero-order chi connectivity index (χ0) is 16.3. The summed E-state index contributed by atoms with van der Waals surface area (Å²) in [5, 5.41) is 12.1. The summed E-state index contributed by atoms with van der Waals surface area (Å²) < 4.78 is 43.4. The number of ether oxygens (including phenoxy) is 1. The van der Waals surface area contributed by atoms with Gasteiger partial charge in [0.15, 0.2) is 5.69 Å². The number of carbonyl (C=O) groups is 2. The van der Waals surface area contributed by atoms with Crippen molar-refractivity contribution in [2.45, 2.75) is 25.2 Å². The van der Waals surface area contributed by atoms with Gasteiger partial charge in [-0.3, -0.25) is 14.3 Å². The lowest BCUT2D eigenvalue weighted by Gasteiger charge is -2.34.